The van der Waals surface area contributed by atoms with Crippen LogP contribution in [-0.2, 0) is 0 Å². The standard InChI is InChI=1S/C14H18O/c1-11(12-5-3-4-6-12)13-7-9-14(15-2)10-8-13/h7-10H,3-6H2,1-2H3. The van der Waals surface area contributed by atoms with Crippen LogP contribution in [0.5, 0.6) is 5.75 Å². The van der Waals surface area contributed by atoms with Crippen LogP contribution in [0.1, 0.15) is 38.2 Å². The molecule has 0 radical (unpaired) electrons. The summed E-state index contributed by atoms with van der Waals surface area (Å²) in [5, 5.41) is 0. The Bertz CT molecular complexity index is 351. The molecule has 1 nitrogen and oxygen atoms in total. The predicted octanol–water partition coefficient (Wildman–Crippen LogP) is 4.04. The quantitative estimate of drug-likeness (QED) is 0.703. The molecule has 1 aliphatic rings. The third kappa shape index (κ3) is 2.23. The van der Waals surface area contributed by atoms with Gasteiger partial charge in [-0.15, -0.1) is 0 Å². The number of hydrogen-bond donors (Lipinski definition) is 0. The van der Waals surface area contributed by atoms with E-state index >= 15 is 0 Å². The lowest BCUT2D eigenvalue weighted by atomic mass is 10.0. The van der Waals surface area contributed by atoms with Crippen LogP contribution in [-0.4, -0.2) is 7.11 Å². The molecule has 15 heavy (non-hydrogen) atoms. The second-order valence-corrected chi connectivity index (χ2v) is 4.16. The zero-order valence-corrected chi connectivity index (χ0v) is 9.55. The molecule has 1 heteroatoms. The average Bonchev–Trinajstić information content (AvgIpc) is 2.82. The van der Waals surface area contributed by atoms with Gasteiger partial charge in [-0.25, -0.2) is 0 Å². The highest BCUT2D eigenvalue weighted by Crippen LogP contribution is 2.31. The van der Waals surface area contributed by atoms with Crippen LogP contribution in [0.25, 0.3) is 5.57 Å². The van der Waals surface area contributed by atoms with Gasteiger partial charge in [-0.2, -0.15) is 0 Å². The lowest BCUT2D eigenvalue weighted by molar-refractivity contribution is 0.415. The maximum atomic E-state index is 5.16. The molecule has 0 amide bonds. The van der Waals surface area contributed by atoms with Gasteiger partial charge in [-0.3, -0.25) is 0 Å². The van der Waals surface area contributed by atoms with Crippen LogP contribution in [0.4, 0.5) is 0 Å². The van der Waals surface area contributed by atoms with Crippen molar-refractivity contribution in [3.63, 3.8) is 0 Å². The largest absolute Gasteiger partial charge is 0.497 e. The van der Waals surface area contributed by atoms with Gasteiger partial charge in [0.2, 0.25) is 0 Å². The average molecular weight is 202 g/mol. The second kappa shape index (κ2) is 4.52. The highest BCUT2D eigenvalue weighted by molar-refractivity contribution is 5.67. The van der Waals surface area contributed by atoms with Gasteiger partial charge < -0.3 is 4.74 Å². The number of hydrogen-bond acceptors (Lipinski definition) is 1. The normalized spacial score (nSPS) is 15.5. The summed E-state index contributed by atoms with van der Waals surface area (Å²) >= 11 is 0. The van der Waals surface area contributed by atoms with Gasteiger partial charge in [-0.1, -0.05) is 17.7 Å². The Morgan fingerprint density at radius 2 is 1.67 bits per heavy atom. The maximum absolute atomic E-state index is 5.16. The zero-order chi connectivity index (χ0) is 10.7. The Morgan fingerprint density at radius 1 is 1.07 bits per heavy atom. The van der Waals surface area contributed by atoms with Crippen LogP contribution < -0.4 is 4.74 Å². The van der Waals surface area contributed by atoms with Crippen molar-refractivity contribution in [2.75, 3.05) is 7.11 Å². The molecule has 0 aliphatic heterocycles. The molecule has 1 saturated carbocycles. The summed E-state index contributed by atoms with van der Waals surface area (Å²) in [5.74, 6) is 0.933. The predicted molar refractivity (Wildman–Crippen MR) is 64.1 cm³/mol. The minimum Gasteiger partial charge on any atom is -0.497 e. The summed E-state index contributed by atoms with van der Waals surface area (Å²) in [7, 11) is 1.71. The monoisotopic (exact) mass is 202 g/mol. The van der Waals surface area contributed by atoms with E-state index in [4.69, 9.17) is 4.74 Å². The molecule has 0 atom stereocenters. The van der Waals surface area contributed by atoms with E-state index in [1.54, 1.807) is 12.7 Å². The Kier molecular flexibility index (Phi) is 3.10. The molecule has 0 bridgehead atoms. The molecular weight excluding hydrogens is 184 g/mol. The van der Waals surface area contributed by atoms with Gasteiger partial charge in [0.1, 0.15) is 5.75 Å². The molecule has 0 spiro atoms. The van der Waals surface area contributed by atoms with Crippen LogP contribution in [0.2, 0.25) is 0 Å². The molecule has 1 aromatic carbocycles. The van der Waals surface area contributed by atoms with Crippen LogP contribution in [0.3, 0.4) is 0 Å². The summed E-state index contributed by atoms with van der Waals surface area (Å²) in [6.45, 7) is 2.24. The Morgan fingerprint density at radius 3 is 2.20 bits per heavy atom. The van der Waals surface area contributed by atoms with Crippen molar-refractivity contribution in [3.8, 4) is 5.75 Å². The first-order valence-electron chi connectivity index (χ1n) is 5.64. The summed E-state index contributed by atoms with van der Waals surface area (Å²) in [6.07, 6.45) is 5.31. The van der Waals surface area contributed by atoms with Gasteiger partial charge in [0.15, 0.2) is 0 Å². The van der Waals surface area contributed by atoms with Crippen LogP contribution >= 0.6 is 0 Å². The molecule has 1 aromatic rings. The van der Waals surface area contributed by atoms with Crippen molar-refractivity contribution < 1.29 is 4.74 Å². The van der Waals surface area contributed by atoms with E-state index in [9.17, 15) is 0 Å². The number of allylic oxidation sites excluding steroid dienone is 2. The van der Waals surface area contributed by atoms with Gasteiger partial charge in [-0.05, 0) is 55.9 Å². The maximum Gasteiger partial charge on any atom is 0.118 e. The number of benzene rings is 1. The minimum atomic E-state index is 0.933. The molecular formula is C14H18O. The summed E-state index contributed by atoms with van der Waals surface area (Å²) < 4.78 is 5.16. The lowest BCUT2D eigenvalue weighted by Gasteiger charge is -2.07. The first kappa shape index (κ1) is 10.3. The van der Waals surface area contributed by atoms with E-state index in [-0.39, 0.29) is 0 Å². The molecule has 0 N–H and O–H groups in total. The minimum absolute atomic E-state index is 0.933. The third-order valence-corrected chi connectivity index (χ3v) is 3.26. The van der Waals surface area contributed by atoms with Crippen LogP contribution in [0.15, 0.2) is 29.8 Å². The summed E-state index contributed by atoms with van der Waals surface area (Å²) in [6, 6.07) is 8.38. The molecule has 80 valence electrons. The topological polar surface area (TPSA) is 9.23 Å². The molecule has 1 fully saturated rings. The molecule has 0 saturated heterocycles. The van der Waals surface area contributed by atoms with E-state index in [1.807, 2.05) is 12.1 Å². The molecule has 1 aliphatic carbocycles. The van der Waals surface area contributed by atoms with Crippen molar-refractivity contribution in [1.29, 1.82) is 0 Å². The fourth-order valence-corrected chi connectivity index (χ4v) is 2.22. The Balaban J connectivity index is 2.25. The lowest BCUT2D eigenvalue weighted by Crippen LogP contribution is -1.86. The van der Waals surface area contributed by atoms with E-state index in [0.29, 0.717) is 0 Å². The highest BCUT2D eigenvalue weighted by atomic mass is 16.5. The van der Waals surface area contributed by atoms with Crippen LogP contribution in [0, 0.1) is 0 Å². The number of ether oxygens (including phenoxy) is 1. The number of methoxy groups -OCH3 is 1. The zero-order valence-electron chi connectivity index (χ0n) is 9.55. The Labute approximate surface area is 91.8 Å². The van der Waals surface area contributed by atoms with Crippen molar-refractivity contribution in [2.24, 2.45) is 0 Å². The Hall–Kier alpha value is -1.24. The van der Waals surface area contributed by atoms with Crippen molar-refractivity contribution in [3.05, 3.63) is 35.4 Å². The first-order valence-corrected chi connectivity index (χ1v) is 5.64. The molecule has 0 aromatic heterocycles. The summed E-state index contributed by atoms with van der Waals surface area (Å²) in [5.41, 5.74) is 4.45. The van der Waals surface area contributed by atoms with E-state index in [1.165, 1.54) is 36.8 Å². The number of rotatable bonds is 2. The van der Waals surface area contributed by atoms with Gasteiger partial charge in [0.25, 0.3) is 0 Å². The van der Waals surface area contributed by atoms with Gasteiger partial charge >= 0.3 is 0 Å². The van der Waals surface area contributed by atoms with Gasteiger partial charge in [0, 0.05) is 0 Å². The van der Waals surface area contributed by atoms with E-state index < -0.39 is 0 Å². The molecule has 0 unspecified atom stereocenters. The van der Waals surface area contributed by atoms with E-state index in [2.05, 4.69) is 19.1 Å². The molecule has 0 heterocycles. The van der Waals surface area contributed by atoms with Crippen molar-refractivity contribution >= 4 is 5.57 Å². The SMILES string of the molecule is COc1ccc(C(C)=C2CCCC2)cc1. The smallest absolute Gasteiger partial charge is 0.118 e. The first-order chi connectivity index (χ1) is 7.31. The van der Waals surface area contributed by atoms with Crippen molar-refractivity contribution in [1.82, 2.24) is 0 Å². The molecule has 2 rings (SSSR count). The van der Waals surface area contributed by atoms with E-state index in [0.717, 1.165) is 5.75 Å². The third-order valence-electron chi connectivity index (χ3n) is 3.26. The summed E-state index contributed by atoms with van der Waals surface area (Å²) in [4.78, 5) is 0. The fraction of sp³-hybridized carbons (Fsp3) is 0.429. The van der Waals surface area contributed by atoms with Crippen molar-refractivity contribution in [2.45, 2.75) is 32.6 Å². The van der Waals surface area contributed by atoms with Gasteiger partial charge in [0.05, 0.1) is 7.11 Å². The fourth-order valence-electron chi connectivity index (χ4n) is 2.22. The highest BCUT2D eigenvalue weighted by Gasteiger charge is 2.10. The second-order valence-electron chi connectivity index (χ2n) is 4.16.